The molecule has 1 aliphatic heterocycles. The minimum atomic E-state index is -0.0909. The van der Waals surface area contributed by atoms with Gasteiger partial charge in [0, 0.05) is 27.6 Å². The fourth-order valence-corrected chi connectivity index (χ4v) is 4.00. The Hall–Kier alpha value is -2.62. The topological polar surface area (TPSA) is 61.7 Å². The van der Waals surface area contributed by atoms with Crippen molar-refractivity contribution in [1.82, 2.24) is 14.6 Å². The summed E-state index contributed by atoms with van der Waals surface area (Å²) in [6.07, 6.45) is 1.86. The molecule has 1 N–H and O–H groups in total. The monoisotopic (exact) mass is 409 g/mol. The molecule has 29 heavy (non-hydrogen) atoms. The average molecular weight is 410 g/mol. The highest BCUT2D eigenvalue weighted by Gasteiger charge is 2.26. The maximum absolute atomic E-state index is 8.98. The number of nitriles is 1. The maximum atomic E-state index is 8.98. The Balaban J connectivity index is 1.83. The lowest BCUT2D eigenvalue weighted by molar-refractivity contribution is -0.893. The van der Waals surface area contributed by atoms with Crippen LogP contribution in [0.5, 0.6) is 0 Å². The van der Waals surface area contributed by atoms with Gasteiger partial charge in [-0.05, 0) is 6.07 Å². The first-order valence-electron chi connectivity index (χ1n) is 9.98. The third-order valence-corrected chi connectivity index (χ3v) is 5.84. The molecule has 0 aliphatic carbocycles. The maximum Gasteiger partial charge on any atom is 0.165 e. The normalized spacial score (nSPS) is 15.6. The molecule has 0 bridgehead atoms. The van der Waals surface area contributed by atoms with E-state index in [1.54, 1.807) is 0 Å². The molecule has 7 heteroatoms. The summed E-state index contributed by atoms with van der Waals surface area (Å²) in [7, 11) is 0. The fourth-order valence-electron chi connectivity index (χ4n) is 3.77. The number of anilines is 1. The minimum Gasteiger partial charge on any atom is -0.345 e. The van der Waals surface area contributed by atoms with Crippen LogP contribution in [0.2, 0.25) is 5.02 Å². The highest BCUT2D eigenvalue weighted by Crippen LogP contribution is 2.33. The second-order valence-corrected chi connectivity index (χ2v) is 9.00. The number of halogens is 1. The van der Waals surface area contributed by atoms with E-state index in [1.165, 1.54) is 4.90 Å². The molecule has 3 heterocycles. The van der Waals surface area contributed by atoms with Gasteiger partial charge in [-0.15, -0.1) is 0 Å². The Morgan fingerprint density at radius 3 is 2.55 bits per heavy atom. The first-order valence-corrected chi connectivity index (χ1v) is 10.4. The molecule has 0 atom stereocenters. The van der Waals surface area contributed by atoms with Crippen molar-refractivity contribution >= 4 is 23.1 Å². The number of hydrogen-bond acceptors (Lipinski definition) is 4. The number of quaternary nitrogens is 1. The van der Waals surface area contributed by atoms with Crippen LogP contribution in [0.15, 0.2) is 36.5 Å². The molecule has 2 aromatic heterocycles. The van der Waals surface area contributed by atoms with E-state index >= 15 is 0 Å². The second-order valence-electron chi connectivity index (χ2n) is 8.60. The molecule has 4 rings (SSSR count). The van der Waals surface area contributed by atoms with Gasteiger partial charge >= 0.3 is 0 Å². The number of aromatic nitrogens is 3. The van der Waals surface area contributed by atoms with E-state index in [1.807, 2.05) is 35.0 Å². The van der Waals surface area contributed by atoms with Crippen LogP contribution in [0.4, 0.5) is 5.82 Å². The number of nitrogens with one attached hydrogen (secondary N) is 1. The largest absolute Gasteiger partial charge is 0.345 e. The van der Waals surface area contributed by atoms with E-state index in [2.05, 4.69) is 42.9 Å². The number of rotatable bonds is 3. The fraction of sp³-hybridized carbons (Fsp3) is 0.409. The molecule has 1 aliphatic rings. The molecule has 0 unspecified atom stereocenters. The van der Waals surface area contributed by atoms with Crippen LogP contribution in [0.1, 0.15) is 26.5 Å². The van der Waals surface area contributed by atoms with Crippen LogP contribution >= 0.6 is 11.6 Å². The van der Waals surface area contributed by atoms with Crippen molar-refractivity contribution in [3.8, 4) is 17.2 Å². The molecule has 150 valence electrons. The number of fused-ring (bicyclic) bond motifs is 1. The molecule has 0 spiro atoms. The summed E-state index contributed by atoms with van der Waals surface area (Å²) in [6.45, 7) is 10.8. The molecular formula is C22H26ClN6+. The standard InChI is InChI=1S/C22H25ClN6/c1-22(2,3)19-14-20(28-12-10-27(9-8-24)11-13-28)29-21(26-19)17(15-25-29)16-6-4-5-7-18(16)23/h4-7,14-15H,9-13H2,1-3H3/p+1. The number of piperazine rings is 1. The zero-order valence-electron chi connectivity index (χ0n) is 17.1. The van der Waals surface area contributed by atoms with Crippen LogP contribution in [-0.2, 0) is 5.41 Å². The van der Waals surface area contributed by atoms with E-state index in [0.29, 0.717) is 11.6 Å². The number of hydrogen-bond donors (Lipinski definition) is 1. The van der Waals surface area contributed by atoms with Crippen molar-refractivity contribution in [3.05, 3.63) is 47.2 Å². The summed E-state index contributed by atoms with van der Waals surface area (Å²) in [5.41, 5.74) is 3.65. The molecule has 1 saturated heterocycles. The smallest absolute Gasteiger partial charge is 0.165 e. The Morgan fingerprint density at radius 2 is 1.90 bits per heavy atom. The lowest BCUT2D eigenvalue weighted by atomic mass is 9.91. The van der Waals surface area contributed by atoms with E-state index in [-0.39, 0.29) is 5.41 Å². The Labute approximate surface area is 176 Å². The van der Waals surface area contributed by atoms with E-state index in [0.717, 1.165) is 54.5 Å². The Bertz CT molecular complexity index is 1070. The molecule has 0 saturated carbocycles. The first kappa shape index (κ1) is 19.7. The quantitative estimate of drug-likeness (QED) is 0.675. The van der Waals surface area contributed by atoms with Gasteiger partial charge in [0.15, 0.2) is 12.2 Å². The van der Waals surface area contributed by atoms with Crippen LogP contribution in [0, 0.1) is 11.3 Å². The molecule has 6 nitrogen and oxygen atoms in total. The van der Waals surface area contributed by atoms with Crippen molar-refractivity contribution in [2.75, 3.05) is 37.6 Å². The van der Waals surface area contributed by atoms with Crippen LogP contribution in [0.3, 0.4) is 0 Å². The van der Waals surface area contributed by atoms with Crippen LogP contribution < -0.4 is 9.80 Å². The van der Waals surface area contributed by atoms with Crippen LogP contribution in [0.25, 0.3) is 16.8 Å². The predicted molar refractivity (Wildman–Crippen MR) is 116 cm³/mol. The third-order valence-electron chi connectivity index (χ3n) is 5.51. The summed E-state index contributed by atoms with van der Waals surface area (Å²) in [5, 5.41) is 14.4. The van der Waals surface area contributed by atoms with E-state index in [9.17, 15) is 0 Å². The van der Waals surface area contributed by atoms with Crippen molar-refractivity contribution in [2.24, 2.45) is 0 Å². The number of nitrogens with zero attached hydrogens (tertiary/aromatic N) is 5. The summed E-state index contributed by atoms with van der Waals surface area (Å²) in [4.78, 5) is 8.68. The van der Waals surface area contributed by atoms with Crippen molar-refractivity contribution in [3.63, 3.8) is 0 Å². The highest BCUT2D eigenvalue weighted by molar-refractivity contribution is 6.33. The Morgan fingerprint density at radius 1 is 1.17 bits per heavy atom. The van der Waals surface area contributed by atoms with Crippen molar-refractivity contribution < 1.29 is 4.90 Å². The van der Waals surface area contributed by atoms with Gasteiger partial charge in [0.1, 0.15) is 11.9 Å². The molecule has 0 amide bonds. The SMILES string of the molecule is CC(C)(C)c1cc(N2CC[NH+](CC#N)CC2)n2ncc(-c3ccccc3Cl)c2n1. The summed E-state index contributed by atoms with van der Waals surface area (Å²) < 4.78 is 1.93. The van der Waals surface area contributed by atoms with Gasteiger partial charge in [-0.25, -0.2) is 4.98 Å². The summed E-state index contributed by atoms with van der Waals surface area (Å²) >= 11 is 6.48. The molecule has 1 aromatic carbocycles. The van der Waals surface area contributed by atoms with Gasteiger partial charge < -0.3 is 9.80 Å². The second kappa shape index (κ2) is 7.66. The van der Waals surface area contributed by atoms with Gasteiger partial charge in [-0.1, -0.05) is 50.6 Å². The Kier molecular flexibility index (Phi) is 5.20. The lowest BCUT2D eigenvalue weighted by Gasteiger charge is -2.33. The molecule has 3 aromatic rings. The molecular weight excluding hydrogens is 384 g/mol. The zero-order chi connectivity index (χ0) is 20.6. The summed E-state index contributed by atoms with van der Waals surface area (Å²) in [6, 6.07) is 12.3. The van der Waals surface area contributed by atoms with E-state index in [4.69, 9.17) is 21.8 Å². The number of benzene rings is 1. The minimum absolute atomic E-state index is 0.0909. The molecule has 1 fully saturated rings. The van der Waals surface area contributed by atoms with Gasteiger partial charge in [-0.3, -0.25) is 0 Å². The summed E-state index contributed by atoms with van der Waals surface area (Å²) in [5.74, 6) is 1.05. The lowest BCUT2D eigenvalue weighted by Crippen LogP contribution is -3.14. The van der Waals surface area contributed by atoms with Crippen molar-refractivity contribution in [1.29, 1.82) is 5.26 Å². The van der Waals surface area contributed by atoms with Gasteiger partial charge in [-0.2, -0.15) is 14.9 Å². The average Bonchev–Trinajstić information content (AvgIpc) is 3.12. The van der Waals surface area contributed by atoms with Gasteiger partial charge in [0.25, 0.3) is 0 Å². The van der Waals surface area contributed by atoms with Gasteiger partial charge in [0.05, 0.1) is 38.1 Å². The van der Waals surface area contributed by atoms with Crippen LogP contribution in [-0.4, -0.2) is 47.3 Å². The van der Waals surface area contributed by atoms with E-state index < -0.39 is 0 Å². The predicted octanol–water partition coefficient (Wildman–Crippen LogP) is 2.58. The first-order chi connectivity index (χ1) is 13.9. The van der Waals surface area contributed by atoms with Gasteiger partial charge in [0.2, 0.25) is 0 Å². The zero-order valence-corrected chi connectivity index (χ0v) is 17.9. The van der Waals surface area contributed by atoms with Crippen molar-refractivity contribution in [2.45, 2.75) is 26.2 Å². The molecule has 0 radical (unpaired) electrons. The highest BCUT2D eigenvalue weighted by atomic mass is 35.5. The third kappa shape index (κ3) is 3.81.